The Morgan fingerprint density at radius 1 is 0.886 bits per heavy atom. The Kier molecular flexibility index (Phi) is 11.3. The van der Waals surface area contributed by atoms with Gasteiger partial charge < -0.3 is 40.0 Å². The number of nitrogens with zero attached hydrogens (tertiary/aromatic N) is 2. The molecule has 1 fully saturated rings. The van der Waals surface area contributed by atoms with E-state index in [1.165, 1.54) is 14.2 Å². The van der Waals surface area contributed by atoms with Gasteiger partial charge in [0.1, 0.15) is 5.75 Å². The lowest BCUT2D eigenvalue weighted by atomic mass is 9.80. The zero-order chi connectivity index (χ0) is 31.6. The summed E-state index contributed by atoms with van der Waals surface area (Å²) in [6.45, 7) is 8.76. The second-order valence-corrected chi connectivity index (χ2v) is 10.8. The third kappa shape index (κ3) is 7.71. The number of hydrogen-bond acceptors (Lipinski definition) is 9. The first-order valence-corrected chi connectivity index (χ1v) is 14.9. The number of benzene rings is 2. The van der Waals surface area contributed by atoms with E-state index >= 15 is 0 Å². The van der Waals surface area contributed by atoms with Crippen molar-refractivity contribution in [3.05, 3.63) is 76.6 Å². The first-order valence-electron chi connectivity index (χ1n) is 14.9. The molecule has 0 spiro atoms. The molecule has 0 bridgehead atoms. The number of nitrogens with one attached hydrogen (secondary N) is 3. The molecule has 4 rings (SSSR count). The number of para-hydroxylation sites is 2. The van der Waals surface area contributed by atoms with Gasteiger partial charge in [-0.25, -0.2) is 14.4 Å². The van der Waals surface area contributed by atoms with Gasteiger partial charge in [-0.15, -0.1) is 0 Å². The van der Waals surface area contributed by atoms with Gasteiger partial charge in [-0.2, -0.15) is 0 Å². The van der Waals surface area contributed by atoms with Gasteiger partial charge in [-0.05, 0) is 69.6 Å². The van der Waals surface area contributed by atoms with Gasteiger partial charge >= 0.3 is 18.0 Å². The number of carbonyl (C=O) groups is 3. The number of dihydropyridines is 1. The second kappa shape index (κ2) is 15.3. The van der Waals surface area contributed by atoms with Crippen LogP contribution in [0.2, 0.25) is 0 Å². The summed E-state index contributed by atoms with van der Waals surface area (Å²) in [4.78, 5) is 43.2. The van der Waals surface area contributed by atoms with E-state index in [0.717, 1.165) is 57.0 Å². The van der Waals surface area contributed by atoms with Crippen LogP contribution in [-0.2, 0) is 19.1 Å². The molecule has 2 aromatic rings. The summed E-state index contributed by atoms with van der Waals surface area (Å²) in [7, 11) is 4.30. The first-order chi connectivity index (χ1) is 21.3. The molecule has 2 amide bonds. The number of amides is 2. The van der Waals surface area contributed by atoms with Crippen molar-refractivity contribution in [2.24, 2.45) is 0 Å². The third-order valence-electron chi connectivity index (χ3n) is 8.00. The van der Waals surface area contributed by atoms with E-state index in [1.807, 2.05) is 24.3 Å². The average molecular weight is 606 g/mol. The largest absolute Gasteiger partial charge is 0.495 e. The van der Waals surface area contributed by atoms with Gasteiger partial charge in [-0.3, -0.25) is 0 Å². The number of urea groups is 1. The maximum atomic E-state index is 12.8. The Balaban J connectivity index is 1.33. The predicted molar refractivity (Wildman–Crippen MR) is 170 cm³/mol. The molecule has 0 atom stereocenters. The summed E-state index contributed by atoms with van der Waals surface area (Å²) in [5.74, 6) is -0.944. The van der Waals surface area contributed by atoms with Gasteiger partial charge in [0.25, 0.3) is 0 Å². The topological polar surface area (TPSA) is 121 Å². The number of rotatable bonds is 10. The van der Waals surface area contributed by atoms with Crippen LogP contribution in [0.15, 0.2) is 71.1 Å². The molecule has 11 heteroatoms. The maximum absolute atomic E-state index is 12.8. The molecule has 0 aliphatic carbocycles. The van der Waals surface area contributed by atoms with Gasteiger partial charge in [0, 0.05) is 43.3 Å². The van der Waals surface area contributed by atoms with Crippen molar-refractivity contribution in [3.63, 3.8) is 0 Å². The highest BCUT2D eigenvalue weighted by atomic mass is 16.5. The van der Waals surface area contributed by atoms with Crippen molar-refractivity contribution in [2.75, 3.05) is 70.8 Å². The lowest BCUT2D eigenvalue weighted by molar-refractivity contribution is -0.137. The molecule has 236 valence electrons. The summed E-state index contributed by atoms with van der Waals surface area (Å²) in [6.07, 6.45) is 1.87. The molecule has 3 N–H and O–H groups in total. The van der Waals surface area contributed by atoms with E-state index in [2.05, 4.69) is 31.8 Å². The normalized spacial score (nSPS) is 16.2. The van der Waals surface area contributed by atoms with E-state index in [9.17, 15) is 14.4 Å². The van der Waals surface area contributed by atoms with Crippen molar-refractivity contribution >= 4 is 29.3 Å². The molecule has 44 heavy (non-hydrogen) atoms. The highest BCUT2D eigenvalue weighted by Crippen LogP contribution is 2.39. The number of ether oxygens (including phenoxy) is 3. The zero-order valence-corrected chi connectivity index (χ0v) is 26.2. The monoisotopic (exact) mass is 605 g/mol. The van der Waals surface area contributed by atoms with Gasteiger partial charge in [0.2, 0.25) is 0 Å². The van der Waals surface area contributed by atoms with Crippen LogP contribution in [0, 0.1) is 0 Å². The molecule has 0 unspecified atom stereocenters. The van der Waals surface area contributed by atoms with Gasteiger partial charge in [-0.1, -0.05) is 24.3 Å². The van der Waals surface area contributed by atoms with Crippen LogP contribution < -0.4 is 25.6 Å². The van der Waals surface area contributed by atoms with Crippen LogP contribution in [0.5, 0.6) is 5.75 Å². The zero-order valence-electron chi connectivity index (χ0n) is 26.2. The number of carbonyl (C=O) groups excluding carboxylic acids is 3. The van der Waals surface area contributed by atoms with E-state index in [4.69, 9.17) is 14.2 Å². The number of allylic oxidation sites excluding steroid dienone is 2. The number of hydrogen-bond donors (Lipinski definition) is 3. The van der Waals surface area contributed by atoms with Crippen molar-refractivity contribution in [3.8, 4) is 5.75 Å². The van der Waals surface area contributed by atoms with Crippen LogP contribution in [-0.4, -0.2) is 83.5 Å². The molecule has 2 aromatic carbocycles. The summed E-state index contributed by atoms with van der Waals surface area (Å²) >= 11 is 0. The van der Waals surface area contributed by atoms with Crippen LogP contribution in [0.25, 0.3) is 0 Å². The Morgan fingerprint density at radius 3 is 2.27 bits per heavy atom. The van der Waals surface area contributed by atoms with E-state index < -0.39 is 17.9 Å². The molecule has 0 radical (unpaired) electrons. The maximum Gasteiger partial charge on any atom is 0.336 e. The number of anilines is 2. The molecule has 2 heterocycles. The molecular weight excluding hydrogens is 562 g/mol. The lowest BCUT2D eigenvalue weighted by Crippen LogP contribution is -2.34. The molecule has 0 aromatic heterocycles. The average Bonchev–Trinajstić information content (AvgIpc) is 3.27. The number of esters is 2. The fraction of sp³-hybridized carbons (Fsp3) is 0.424. The molecule has 0 saturated carbocycles. The summed E-state index contributed by atoms with van der Waals surface area (Å²) in [5, 5.41) is 8.92. The Morgan fingerprint density at radius 2 is 1.59 bits per heavy atom. The van der Waals surface area contributed by atoms with Crippen molar-refractivity contribution in [1.82, 2.24) is 15.5 Å². The molecule has 2 aliphatic heterocycles. The Hall–Kier alpha value is -4.51. The predicted octanol–water partition coefficient (Wildman–Crippen LogP) is 4.00. The SMILES string of the molecule is COC(=O)C1=C(C)NC(C)=C(C(=O)OC)C1c1cccc(NC(=O)NCCCN2CCCN(c3ccccc3OC)CC2)c1. The van der Waals surface area contributed by atoms with Crippen molar-refractivity contribution in [2.45, 2.75) is 32.6 Å². The summed E-state index contributed by atoms with van der Waals surface area (Å²) in [5.41, 5.74) is 4.08. The third-order valence-corrected chi connectivity index (χ3v) is 8.00. The number of methoxy groups -OCH3 is 3. The van der Waals surface area contributed by atoms with Crippen molar-refractivity contribution in [1.29, 1.82) is 0 Å². The minimum Gasteiger partial charge on any atom is -0.495 e. The second-order valence-electron chi connectivity index (χ2n) is 10.8. The smallest absolute Gasteiger partial charge is 0.336 e. The fourth-order valence-corrected chi connectivity index (χ4v) is 5.89. The minimum absolute atomic E-state index is 0.305. The van der Waals surface area contributed by atoms with Crippen LogP contribution in [0.3, 0.4) is 0 Å². The van der Waals surface area contributed by atoms with Crippen LogP contribution in [0.1, 0.15) is 38.2 Å². The van der Waals surface area contributed by atoms with Gasteiger partial charge in [0.05, 0.1) is 44.1 Å². The summed E-state index contributed by atoms with van der Waals surface area (Å²) in [6, 6.07) is 14.9. The van der Waals surface area contributed by atoms with E-state index in [0.29, 0.717) is 40.3 Å². The lowest BCUT2D eigenvalue weighted by Gasteiger charge is -2.30. The summed E-state index contributed by atoms with van der Waals surface area (Å²) < 4.78 is 15.6. The van der Waals surface area contributed by atoms with Crippen LogP contribution >= 0.6 is 0 Å². The fourth-order valence-electron chi connectivity index (χ4n) is 5.89. The molecular formula is C33H43N5O6. The highest BCUT2D eigenvalue weighted by molar-refractivity contribution is 6.00. The minimum atomic E-state index is -0.728. The Bertz CT molecular complexity index is 1380. The Labute approximate surface area is 259 Å². The van der Waals surface area contributed by atoms with Gasteiger partial charge in [0.15, 0.2) is 0 Å². The molecule has 2 aliphatic rings. The standard InChI is InChI=1S/C33H43N5O6/c1-22-28(31(39)43-4)30(29(23(2)35-22)32(40)44-5)24-11-8-12-25(21-24)36-33(41)34-15-9-16-37-17-10-18-38(20-19-37)26-13-6-7-14-27(26)42-3/h6-8,11-14,21,30,35H,9-10,15-20H2,1-5H3,(H2,34,36,41). The quantitative estimate of drug-likeness (QED) is 0.273. The highest BCUT2D eigenvalue weighted by Gasteiger charge is 2.37. The van der Waals surface area contributed by atoms with E-state index in [1.54, 1.807) is 39.2 Å². The van der Waals surface area contributed by atoms with Crippen LogP contribution in [0.4, 0.5) is 16.2 Å². The molecule has 11 nitrogen and oxygen atoms in total. The molecule has 1 saturated heterocycles. The van der Waals surface area contributed by atoms with E-state index in [-0.39, 0.29) is 6.03 Å². The van der Waals surface area contributed by atoms with Crippen molar-refractivity contribution < 1.29 is 28.6 Å². The first kappa shape index (κ1) is 32.4.